The van der Waals surface area contributed by atoms with Crippen LogP contribution in [0.4, 0.5) is 0 Å². The van der Waals surface area contributed by atoms with E-state index in [0.717, 1.165) is 0 Å². The van der Waals surface area contributed by atoms with Gasteiger partial charge in [-0.15, -0.1) is 0 Å². The number of esters is 1. The first-order chi connectivity index (χ1) is 8.11. The fourth-order valence-corrected chi connectivity index (χ4v) is 1.25. The molecular weight excluding hydrogens is 220 g/mol. The van der Waals surface area contributed by atoms with Crippen LogP contribution in [0.2, 0.25) is 0 Å². The van der Waals surface area contributed by atoms with Crippen molar-refractivity contribution in [1.29, 1.82) is 0 Å². The first kappa shape index (κ1) is 11.7. The topological polar surface area (TPSA) is 48.1 Å². The van der Waals surface area contributed by atoms with Crippen molar-refractivity contribution < 1.29 is 19.0 Å². The van der Waals surface area contributed by atoms with Crippen LogP contribution in [0.3, 0.4) is 0 Å². The molecule has 2 rings (SSSR count). The average molecular weight is 234 g/mol. The van der Waals surface area contributed by atoms with Crippen molar-refractivity contribution in [3.05, 3.63) is 42.5 Å². The third-order valence-corrected chi connectivity index (χ3v) is 2.29. The zero-order valence-electron chi connectivity index (χ0n) is 9.64. The van der Waals surface area contributed by atoms with Crippen molar-refractivity contribution in [3.63, 3.8) is 0 Å². The molecule has 0 aliphatic carbocycles. The monoisotopic (exact) mass is 234 g/mol. The Hall–Kier alpha value is -1.81. The maximum absolute atomic E-state index is 11.2. The molecule has 1 unspecified atom stereocenters. The standard InChI is InChI=1S/C13H14O4/c1-10(2)12(14)15-8-13(9-16-13)17-11-6-4-3-5-7-11/h3-7H,1,8-9H2,2H3. The van der Waals surface area contributed by atoms with Gasteiger partial charge in [0.25, 0.3) is 5.79 Å². The summed E-state index contributed by atoms with van der Waals surface area (Å²) < 4.78 is 15.8. The fraction of sp³-hybridized carbons (Fsp3) is 0.308. The quantitative estimate of drug-likeness (QED) is 0.443. The highest BCUT2D eigenvalue weighted by Gasteiger charge is 2.49. The third kappa shape index (κ3) is 3.07. The summed E-state index contributed by atoms with van der Waals surface area (Å²) in [6, 6.07) is 9.28. The Morgan fingerprint density at radius 2 is 2.12 bits per heavy atom. The molecule has 1 atom stereocenters. The third-order valence-electron chi connectivity index (χ3n) is 2.29. The van der Waals surface area contributed by atoms with Gasteiger partial charge in [0.2, 0.25) is 0 Å². The van der Waals surface area contributed by atoms with Gasteiger partial charge in [-0.25, -0.2) is 4.79 Å². The highest BCUT2D eigenvalue weighted by Crippen LogP contribution is 2.31. The van der Waals surface area contributed by atoms with Crippen LogP contribution in [0.5, 0.6) is 5.75 Å². The summed E-state index contributed by atoms with van der Waals surface area (Å²) in [6.07, 6.45) is 0. The molecule has 1 heterocycles. The molecule has 0 saturated carbocycles. The minimum absolute atomic E-state index is 0.0770. The second-order valence-electron chi connectivity index (χ2n) is 3.97. The summed E-state index contributed by atoms with van der Waals surface area (Å²) in [5.41, 5.74) is 0.362. The van der Waals surface area contributed by atoms with Gasteiger partial charge >= 0.3 is 5.97 Å². The Labute approximate surface area is 99.8 Å². The zero-order valence-corrected chi connectivity index (χ0v) is 9.64. The number of carbonyl (C=O) groups is 1. The van der Waals surface area contributed by atoms with E-state index in [9.17, 15) is 4.79 Å². The van der Waals surface area contributed by atoms with Gasteiger partial charge in [-0.2, -0.15) is 0 Å². The predicted molar refractivity (Wildman–Crippen MR) is 61.5 cm³/mol. The number of epoxide rings is 1. The smallest absolute Gasteiger partial charge is 0.333 e. The number of rotatable bonds is 5. The highest BCUT2D eigenvalue weighted by molar-refractivity contribution is 5.86. The maximum atomic E-state index is 11.2. The minimum Gasteiger partial charge on any atom is -0.456 e. The lowest BCUT2D eigenvalue weighted by atomic mass is 10.3. The lowest BCUT2D eigenvalue weighted by Crippen LogP contribution is -2.28. The van der Waals surface area contributed by atoms with E-state index < -0.39 is 11.8 Å². The van der Waals surface area contributed by atoms with E-state index >= 15 is 0 Å². The van der Waals surface area contributed by atoms with E-state index in [1.807, 2.05) is 30.3 Å². The molecule has 0 aromatic heterocycles. The molecule has 0 bridgehead atoms. The van der Waals surface area contributed by atoms with Gasteiger partial charge in [-0.1, -0.05) is 24.8 Å². The molecule has 1 saturated heterocycles. The summed E-state index contributed by atoms with van der Waals surface area (Å²) >= 11 is 0. The molecule has 4 heteroatoms. The van der Waals surface area contributed by atoms with Crippen LogP contribution in [0.1, 0.15) is 6.92 Å². The largest absolute Gasteiger partial charge is 0.456 e. The first-order valence-electron chi connectivity index (χ1n) is 5.32. The molecule has 1 aromatic rings. The SMILES string of the molecule is C=C(C)C(=O)OCC1(Oc2ccccc2)CO1. The van der Waals surface area contributed by atoms with E-state index in [1.54, 1.807) is 6.92 Å². The second kappa shape index (κ2) is 4.59. The Morgan fingerprint density at radius 3 is 2.65 bits per heavy atom. The van der Waals surface area contributed by atoms with Crippen LogP contribution in [-0.4, -0.2) is 25.0 Å². The van der Waals surface area contributed by atoms with E-state index in [1.165, 1.54) is 0 Å². The summed E-state index contributed by atoms with van der Waals surface area (Å²) in [5.74, 6) is -0.556. The molecule has 1 aliphatic rings. The van der Waals surface area contributed by atoms with E-state index in [2.05, 4.69) is 6.58 Å². The second-order valence-corrected chi connectivity index (χ2v) is 3.97. The molecule has 0 radical (unpaired) electrons. The lowest BCUT2D eigenvalue weighted by molar-refractivity contribution is -0.144. The molecule has 1 aliphatic heterocycles. The molecule has 4 nitrogen and oxygen atoms in total. The molecule has 1 aromatic carbocycles. The number of ether oxygens (including phenoxy) is 3. The van der Waals surface area contributed by atoms with Gasteiger partial charge in [0.1, 0.15) is 12.4 Å². The summed E-state index contributed by atoms with van der Waals surface area (Å²) in [7, 11) is 0. The van der Waals surface area contributed by atoms with Crippen LogP contribution in [0.25, 0.3) is 0 Å². The Morgan fingerprint density at radius 1 is 1.47 bits per heavy atom. The molecule has 90 valence electrons. The van der Waals surface area contributed by atoms with Gasteiger partial charge < -0.3 is 14.2 Å². The average Bonchev–Trinajstić information content (AvgIpc) is 3.07. The number of hydrogen-bond acceptors (Lipinski definition) is 4. The Bertz CT molecular complexity index is 420. The van der Waals surface area contributed by atoms with Crippen LogP contribution < -0.4 is 4.74 Å². The van der Waals surface area contributed by atoms with E-state index in [4.69, 9.17) is 14.2 Å². The minimum atomic E-state index is -0.813. The predicted octanol–water partition coefficient (Wildman–Crippen LogP) is 1.91. The van der Waals surface area contributed by atoms with Crippen molar-refractivity contribution in [3.8, 4) is 5.75 Å². The zero-order chi connectivity index (χ0) is 12.3. The van der Waals surface area contributed by atoms with Gasteiger partial charge in [0.05, 0.1) is 0 Å². The van der Waals surface area contributed by atoms with Crippen LogP contribution >= 0.6 is 0 Å². The van der Waals surface area contributed by atoms with Gasteiger partial charge in [0.15, 0.2) is 6.61 Å². The number of hydrogen-bond donors (Lipinski definition) is 0. The molecule has 0 N–H and O–H groups in total. The van der Waals surface area contributed by atoms with Gasteiger partial charge in [-0.3, -0.25) is 0 Å². The molecule has 17 heavy (non-hydrogen) atoms. The highest BCUT2D eigenvalue weighted by atomic mass is 16.8. The maximum Gasteiger partial charge on any atom is 0.333 e. The molecular formula is C13H14O4. The normalized spacial score (nSPS) is 21.7. The van der Waals surface area contributed by atoms with E-state index in [-0.39, 0.29) is 6.61 Å². The van der Waals surface area contributed by atoms with Crippen LogP contribution in [-0.2, 0) is 14.3 Å². The summed E-state index contributed by atoms with van der Waals surface area (Å²) in [5, 5.41) is 0. The molecule has 0 spiro atoms. The van der Waals surface area contributed by atoms with Gasteiger partial charge in [-0.05, 0) is 19.1 Å². The van der Waals surface area contributed by atoms with E-state index in [0.29, 0.717) is 17.9 Å². The lowest BCUT2D eigenvalue weighted by Gasteiger charge is -2.14. The number of benzene rings is 1. The Kier molecular flexibility index (Phi) is 3.15. The molecule has 1 fully saturated rings. The van der Waals surface area contributed by atoms with Crippen molar-refractivity contribution >= 4 is 5.97 Å². The Balaban J connectivity index is 1.88. The number of carbonyl (C=O) groups excluding carboxylic acids is 1. The number of para-hydroxylation sites is 1. The summed E-state index contributed by atoms with van der Waals surface area (Å²) in [6.45, 7) is 5.60. The van der Waals surface area contributed by atoms with Crippen LogP contribution in [0.15, 0.2) is 42.5 Å². The van der Waals surface area contributed by atoms with Crippen molar-refractivity contribution in [2.45, 2.75) is 12.7 Å². The first-order valence-corrected chi connectivity index (χ1v) is 5.32. The van der Waals surface area contributed by atoms with Crippen LogP contribution in [0, 0.1) is 0 Å². The van der Waals surface area contributed by atoms with Crippen molar-refractivity contribution in [2.75, 3.05) is 13.2 Å². The van der Waals surface area contributed by atoms with Gasteiger partial charge in [0, 0.05) is 5.57 Å². The van der Waals surface area contributed by atoms with Crippen molar-refractivity contribution in [2.24, 2.45) is 0 Å². The molecule has 0 amide bonds. The summed E-state index contributed by atoms with van der Waals surface area (Å²) in [4.78, 5) is 11.2. The fourth-order valence-electron chi connectivity index (χ4n) is 1.25. The van der Waals surface area contributed by atoms with Crippen molar-refractivity contribution in [1.82, 2.24) is 0 Å².